The normalized spacial score (nSPS) is 30.5. The lowest BCUT2D eigenvalue weighted by Gasteiger charge is -2.30. The topological polar surface area (TPSA) is 28.2 Å². The first kappa shape index (κ1) is 11.5. The first-order valence-electron chi connectivity index (χ1n) is 6.40. The molecule has 3 nitrogen and oxygen atoms in total. The average Bonchev–Trinajstić information content (AvgIpc) is 3.00. The predicted octanol–water partition coefficient (Wildman–Crippen LogP) is 2.42. The summed E-state index contributed by atoms with van der Waals surface area (Å²) >= 11 is 3.57. The molecular weight excluding hydrogens is 278 g/mol. The van der Waals surface area contributed by atoms with E-state index in [1.54, 1.807) is 0 Å². The molecule has 0 bridgehead atoms. The van der Waals surface area contributed by atoms with E-state index < -0.39 is 0 Å². The van der Waals surface area contributed by atoms with E-state index in [4.69, 9.17) is 0 Å². The van der Waals surface area contributed by atoms with E-state index in [0.29, 0.717) is 6.04 Å². The summed E-state index contributed by atoms with van der Waals surface area (Å²) in [5.74, 6) is 0.922. The Morgan fingerprint density at radius 2 is 2.41 bits per heavy atom. The molecule has 1 saturated heterocycles. The Morgan fingerprint density at radius 3 is 3.18 bits per heavy atom. The van der Waals surface area contributed by atoms with Crippen molar-refractivity contribution in [3.63, 3.8) is 0 Å². The molecule has 1 aliphatic heterocycles. The van der Waals surface area contributed by atoms with E-state index in [2.05, 4.69) is 44.1 Å². The van der Waals surface area contributed by atoms with Gasteiger partial charge in [-0.05, 0) is 53.4 Å². The lowest BCUT2D eigenvalue weighted by molar-refractivity contribution is 0.545. The lowest BCUT2D eigenvalue weighted by atomic mass is 10.1. The minimum absolute atomic E-state index is 0.638. The van der Waals surface area contributed by atoms with Crippen LogP contribution in [0.15, 0.2) is 22.9 Å². The first-order valence-corrected chi connectivity index (χ1v) is 7.20. The fraction of sp³-hybridized carbons (Fsp3) is 0.615. The molecule has 2 unspecified atom stereocenters. The van der Waals surface area contributed by atoms with Gasteiger partial charge in [-0.1, -0.05) is 6.92 Å². The molecule has 4 heteroatoms. The number of halogens is 1. The van der Waals surface area contributed by atoms with Crippen molar-refractivity contribution in [1.82, 2.24) is 10.3 Å². The van der Waals surface area contributed by atoms with Crippen molar-refractivity contribution in [2.45, 2.75) is 31.8 Å². The second kappa shape index (κ2) is 4.58. The fourth-order valence-corrected chi connectivity index (χ4v) is 3.45. The van der Waals surface area contributed by atoms with Crippen LogP contribution in [0.1, 0.15) is 19.8 Å². The quantitative estimate of drug-likeness (QED) is 0.865. The zero-order chi connectivity index (χ0) is 11.8. The fourth-order valence-electron chi connectivity index (χ4n) is 3.00. The third kappa shape index (κ3) is 2.08. The van der Waals surface area contributed by atoms with Crippen LogP contribution in [0.3, 0.4) is 0 Å². The number of likely N-dealkylation sites (N-methyl/N-ethyl adjacent to an activating group) is 1. The Kier molecular flexibility index (Phi) is 3.09. The van der Waals surface area contributed by atoms with Gasteiger partial charge in [0, 0.05) is 24.8 Å². The average molecular weight is 296 g/mol. The highest BCUT2D eigenvalue weighted by Gasteiger charge is 2.52. The summed E-state index contributed by atoms with van der Waals surface area (Å²) in [5.41, 5.74) is 1.26. The monoisotopic (exact) mass is 295 g/mol. The molecule has 1 N–H and O–H groups in total. The summed E-state index contributed by atoms with van der Waals surface area (Å²) in [4.78, 5) is 6.92. The van der Waals surface area contributed by atoms with E-state index in [1.165, 1.54) is 18.5 Å². The molecule has 0 spiro atoms. The molecule has 0 amide bonds. The Bertz CT molecular complexity index is 409. The van der Waals surface area contributed by atoms with E-state index >= 15 is 0 Å². The zero-order valence-corrected chi connectivity index (χ0v) is 11.7. The van der Waals surface area contributed by atoms with Gasteiger partial charge >= 0.3 is 0 Å². The molecule has 2 aliphatic rings. The number of nitrogens with zero attached hydrogens (tertiary/aromatic N) is 2. The van der Waals surface area contributed by atoms with Gasteiger partial charge in [0.2, 0.25) is 0 Å². The molecule has 0 aromatic carbocycles. The number of nitrogens with one attached hydrogen (secondary N) is 1. The van der Waals surface area contributed by atoms with Gasteiger partial charge in [-0.25, -0.2) is 4.98 Å². The second-order valence-electron chi connectivity index (χ2n) is 4.98. The second-order valence-corrected chi connectivity index (χ2v) is 5.73. The van der Waals surface area contributed by atoms with E-state index in [1.807, 2.05) is 12.3 Å². The summed E-state index contributed by atoms with van der Waals surface area (Å²) < 4.78 is 0.981. The highest BCUT2D eigenvalue weighted by molar-refractivity contribution is 9.10. The lowest BCUT2D eigenvalue weighted by Crippen LogP contribution is -2.40. The van der Waals surface area contributed by atoms with Crippen LogP contribution in [-0.2, 0) is 0 Å². The Balaban J connectivity index is 1.82. The highest BCUT2D eigenvalue weighted by atomic mass is 79.9. The van der Waals surface area contributed by atoms with E-state index in [-0.39, 0.29) is 0 Å². The number of hydrogen-bond donors (Lipinski definition) is 1. The third-order valence-corrected chi connectivity index (χ3v) is 4.47. The van der Waals surface area contributed by atoms with Crippen LogP contribution in [0.5, 0.6) is 0 Å². The van der Waals surface area contributed by atoms with Gasteiger partial charge in [0.15, 0.2) is 0 Å². The summed E-state index contributed by atoms with van der Waals surface area (Å²) in [6.07, 6.45) is 4.54. The number of anilines is 1. The van der Waals surface area contributed by atoms with E-state index in [0.717, 1.165) is 29.7 Å². The van der Waals surface area contributed by atoms with Crippen molar-refractivity contribution in [1.29, 1.82) is 0 Å². The maximum atomic E-state index is 4.35. The number of piperidine rings is 1. The van der Waals surface area contributed by atoms with Crippen LogP contribution in [0.25, 0.3) is 0 Å². The van der Waals surface area contributed by atoms with Crippen LogP contribution in [0.4, 0.5) is 5.69 Å². The Morgan fingerprint density at radius 1 is 1.53 bits per heavy atom. The maximum absolute atomic E-state index is 4.35. The van der Waals surface area contributed by atoms with Gasteiger partial charge in [0.1, 0.15) is 4.60 Å². The van der Waals surface area contributed by atoms with Crippen LogP contribution >= 0.6 is 15.9 Å². The summed E-state index contributed by atoms with van der Waals surface area (Å²) in [6.45, 7) is 4.30. The zero-order valence-electron chi connectivity index (χ0n) is 10.1. The minimum atomic E-state index is 0.638. The molecule has 3 atom stereocenters. The van der Waals surface area contributed by atoms with Gasteiger partial charge in [0.25, 0.3) is 0 Å². The van der Waals surface area contributed by atoms with Gasteiger partial charge in [-0.3, -0.25) is 0 Å². The van der Waals surface area contributed by atoms with Gasteiger partial charge in [0.05, 0.1) is 5.69 Å². The molecule has 1 saturated carbocycles. The summed E-state index contributed by atoms with van der Waals surface area (Å²) in [7, 11) is 0. The van der Waals surface area contributed by atoms with Gasteiger partial charge in [-0.2, -0.15) is 0 Å². The molecular formula is C13H18BrN3. The summed E-state index contributed by atoms with van der Waals surface area (Å²) in [6, 6.07) is 5.61. The number of fused-ring (bicyclic) bond motifs is 1. The van der Waals surface area contributed by atoms with Gasteiger partial charge in [-0.15, -0.1) is 0 Å². The Hall–Kier alpha value is -0.610. The summed E-state index contributed by atoms with van der Waals surface area (Å²) in [5, 5.41) is 3.47. The first-order chi connectivity index (χ1) is 8.31. The molecule has 0 radical (unpaired) electrons. The van der Waals surface area contributed by atoms with Crippen molar-refractivity contribution in [3.8, 4) is 0 Å². The minimum Gasteiger partial charge on any atom is -0.362 e. The van der Waals surface area contributed by atoms with E-state index in [9.17, 15) is 0 Å². The predicted molar refractivity (Wildman–Crippen MR) is 73.3 cm³/mol. The molecule has 3 rings (SSSR count). The Labute approximate surface area is 111 Å². The van der Waals surface area contributed by atoms with Gasteiger partial charge < -0.3 is 10.2 Å². The largest absolute Gasteiger partial charge is 0.362 e. The highest BCUT2D eigenvalue weighted by Crippen LogP contribution is 2.50. The van der Waals surface area contributed by atoms with Crippen LogP contribution < -0.4 is 10.2 Å². The molecule has 92 valence electrons. The van der Waals surface area contributed by atoms with Crippen molar-refractivity contribution in [2.24, 2.45) is 5.92 Å². The van der Waals surface area contributed by atoms with Crippen molar-refractivity contribution in [3.05, 3.63) is 22.9 Å². The molecule has 17 heavy (non-hydrogen) atoms. The molecule has 2 heterocycles. The SMILES string of the molecule is CCNCC1CC2C[C@@H]2N1c1cccnc1Br. The standard InChI is InChI=1S/C13H18BrN3/c1-2-15-8-10-6-9-7-12(9)17(10)11-4-3-5-16-13(11)14/h3-5,9-10,12,15H,2,6-8H2,1H3/t9?,10?,12-/m0/s1. The molecule has 2 fully saturated rings. The van der Waals surface area contributed by atoms with Crippen LogP contribution in [0.2, 0.25) is 0 Å². The number of pyridine rings is 1. The molecule has 1 aromatic rings. The molecule has 1 aliphatic carbocycles. The van der Waals surface area contributed by atoms with Crippen LogP contribution in [-0.4, -0.2) is 30.2 Å². The smallest absolute Gasteiger partial charge is 0.129 e. The molecule has 1 aromatic heterocycles. The number of aromatic nitrogens is 1. The number of hydrogen-bond acceptors (Lipinski definition) is 3. The van der Waals surface area contributed by atoms with Crippen molar-refractivity contribution < 1.29 is 0 Å². The van der Waals surface area contributed by atoms with Crippen LogP contribution in [0, 0.1) is 5.92 Å². The number of rotatable bonds is 4. The third-order valence-electron chi connectivity index (χ3n) is 3.86. The van der Waals surface area contributed by atoms with Crippen molar-refractivity contribution >= 4 is 21.6 Å². The maximum Gasteiger partial charge on any atom is 0.129 e. The van der Waals surface area contributed by atoms with Crippen molar-refractivity contribution in [2.75, 3.05) is 18.0 Å².